The van der Waals surface area contributed by atoms with Crippen LogP contribution in [0.25, 0.3) is 0 Å². The van der Waals surface area contributed by atoms with Crippen LogP contribution in [-0.2, 0) is 12.8 Å². The van der Waals surface area contributed by atoms with Gasteiger partial charge in [-0.2, -0.15) is 0 Å². The number of hydrogen-bond donors (Lipinski definition) is 0. The summed E-state index contributed by atoms with van der Waals surface area (Å²) in [5.74, 6) is 0. The van der Waals surface area contributed by atoms with E-state index in [2.05, 4.69) is 19.9 Å². The predicted molar refractivity (Wildman–Crippen MR) is 48.0 cm³/mol. The van der Waals surface area contributed by atoms with Gasteiger partial charge in [-0.15, -0.1) is 0 Å². The van der Waals surface area contributed by atoms with Crippen LogP contribution >= 0.6 is 0 Å². The second-order valence-electron chi connectivity index (χ2n) is 2.70. The van der Waals surface area contributed by atoms with Gasteiger partial charge in [-0.25, -0.2) is 0 Å². The molecule has 0 aliphatic carbocycles. The molecule has 1 N–H and O–H groups in total. The molecule has 0 heterocycles. The summed E-state index contributed by atoms with van der Waals surface area (Å²) in [6.07, 6.45) is 2.03. The molecular formula is C10H14N. The lowest BCUT2D eigenvalue weighted by Gasteiger charge is -2.03. The fraction of sp³-hybridized carbons (Fsp3) is 0.400. The first-order valence-electron chi connectivity index (χ1n) is 4.11. The van der Waals surface area contributed by atoms with E-state index in [9.17, 15) is 0 Å². The minimum absolute atomic E-state index is 0.671. The highest BCUT2D eigenvalue weighted by molar-refractivity contribution is 5.45. The smallest absolute Gasteiger partial charge is 0.0571 e. The minimum atomic E-state index is 0.671. The average Bonchev–Trinajstić information content (AvgIpc) is 2.05. The van der Waals surface area contributed by atoms with Gasteiger partial charge in [0.15, 0.2) is 0 Å². The normalized spacial score (nSPS) is 10.0. The average molecular weight is 148 g/mol. The summed E-state index contributed by atoms with van der Waals surface area (Å²) in [6.45, 7) is 4.23. The van der Waals surface area contributed by atoms with Crippen LogP contribution in [-0.4, -0.2) is 0 Å². The third kappa shape index (κ3) is 1.73. The van der Waals surface area contributed by atoms with Gasteiger partial charge in [-0.3, -0.25) is 0 Å². The molecule has 0 spiro atoms. The van der Waals surface area contributed by atoms with E-state index < -0.39 is 0 Å². The van der Waals surface area contributed by atoms with E-state index in [4.69, 9.17) is 5.73 Å². The third-order valence-corrected chi connectivity index (χ3v) is 1.96. The summed E-state index contributed by atoms with van der Waals surface area (Å²) >= 11 is 0. The molecule has 0 aliphatic heterocycles. The van der Waals surface area contributed by atoms with Gasteiger partial charge in [0.2, 0.25) is 0 Å². The highest BCUT2D eigenvalue weighted by atomic mass is 14.6. The Balaban J connectivity index is 3.02. The Morgan fingerprint density at radius 3 is 2.45 bits per heavy atom. The van der Waals surface area contributed by atoms with Crippen molar-refractivity contribution in [1.29, 1.82) is 0 Å². The van der Waals surface area contributed by atoms with Gasteiger partial charge < -0.3 is 5.73 Å². The molecule has 0 amide bonds. The molecule has 0 saturated heterocycles. The molecule has 1 aromatic carbocycles. The maximum atomic E-state index is 7.54. The van der Waals surface area contributed by atoms with Gasteiger partial charge in [0.25, 0.3) is 0 Å². The molecule has 0 aliphatic rings. The highest BCUT2D eigenvalue weighted by Crippen LogP contribution is 2.16. The first-order valence-corrected chi connectivity index (χ1v) is 4.11. The number of hydrogen-bond acceptors (Lipinski definition) is 0. The van der Waals surface area contributed by atoms with Crippen LogP contribution in [0.2, 0.25) is 0 Å². The van der Waals surface area contributed by atoms with E-state index in [1.165, 1.54) is 5.56 Å². The number of benzene rings is 1. The molecule has 0 bridgehead atoms. The van der Waals surface area contributed by atoms with Gasteiger partial charge in [0.1, 0.15) is 0 Å². The Morgan fingerprint density at radius 1 is 1.18 bits per heavy atom. The van der Waals surface area contributed by atoms with Crippen molar-refractivity contribution in [3.8, 4) is 0 Å². The summed E-state index contributed by atoms with van der Waals surface area (Å²) in [6, 6.07) is 6.04. The number of nitrogens with one attached hydrogen (secondary N) is 1. The van der Waals surface area contributed by atoms with Crippen LogP contribution in [0.4, 0.5) is 5.69 Å². The minimum Gasteiger partial charge on any atom is -0.301 e. The van der Waals surface area contributed by atoms with Crippen molar-refractivity contribution in [2.24, 2.45) is 0 Å². The van der Waals surface area contributed by atoms with E-state index in [1.807, 2.05) is 12.1 Å². The van der Waals surface area contributed by atoms with Gasteiger partial charge in [-0.1, -0.05) is 26.0 Å². The number of aryl methyl sites for hydroxylation is 2. The van der Waals surface area contributed by atoms with Crippen LogP contribution in [0.5, 0.6) is 0 Å². The zero-order chi connectivity index (χ0) is 8.27. The van der Waals surface area contributed by atoms with Gasteiger partial charge in [0.05, 0.1) is 5.69 Å². The standard InChI is InChI=1S/C10H14N/c1-3-8-5-6-10(11)9(4-2)7-8/h5-7,11H,3-4H2,1-2H3. The lowest BCUT2D eigenvalue weighted by molar-refractivity contribution is 1.08. The van der Waals surface area contributed by atoms with E-state index in [0.717, 1.165) is 18.4 Å². The summed E-state index contributed by atoms with van der Waals surface area (Å²) in [4.78, 5) is 0. The molecule has 0 aromatic heterocycles. The number of rotatable bonds is 2. The molecular weight excluding hydrogens is 134 g/mol. The second-order valence-corrected chi connectivity index (χ2v) is 2.70. The van der Waals surface area contributed by atoms with E-state index >= 15 is 0 Å². The molecule has 0 fully saturated rings. The van der Waals surface area contributed by atoms with Gasteiger partial charge in [0, 0.05) is 0 Å². The first kappa shape index (κ1) is 8.12. The van der Waals surface area contributed by atoms with E-state index in [1.54, 1.807) is 0 Å². The monoisotopic (exact) mass is 148 g/mol. The Kier molecular flexibility index (Phi) is 2.53. The molecule has 1 aromatic rings. The van der Waals surface area contributed by atoms with Gasteiger partial charge >= 0.3 is 0 Å². The Morgan fingerprint density at radius 2 is 1.91 bits per heavy atom. The molecule has 1 rings (SSSR count). The molecule has 0 unspecified atom stereocenters. The van der Waals surface area contributed by atoms with Crippen molar-refractivity contribution in [1.82, 2.24) is 5.73 Å². The maximum absolute atomic E-state index is 7.54. The summed E-state index contributed by atoms with van der Waals surface area (Å²) < 4.78 is 0. The fourth-order valence-corrected chi connectivity index (χ4v) is 1.16. The Labute approximate surface area is 68.2 Å². The highest BCUT2D eigenvalue weighted by Gasteiger charge is 1.97. The maximum Gasteiger partial charge on any atom is 0.0571 e. The second kappa shape index (κ2) is 3.42. The molecule has 1 heteroatoms. The molecule has 0 atom stereocenters. The molecule has 0 saturated carbocycles. The van der Waals surface area contributed by atoms with Crippen LogP contribution in [0.1, 0.15) is 25.0 Å². The van der Waals surface area contributed by atoms with Crippen LogP contribution in [0.3, 0.4) is 0 Å². The van der Waals surface area contributed by atoms with Crippen LogP contribution in [0.15, 0.2) is 18.2 Å². The van der Waals surface area contributed by atoms with E-state index in [-0.39, 0.29) is 0 Å². The van der Waals surface area contributed by atoms with Gasteiger partial charge in [-0.05, 0) is 30.0 Å². The lowest BCUT2D eigenvalue weighted by Crippen LogP contribution is -1.87. The summed E-state index contributed by atoms with van der Waals surface area (Å²) in [5, 5.41) is 0. The van der Waals surface area contributed by atoms with Crippen molar-refractivity contribution < 1.29 is 0 Å². The van der Waals surface area contributed by atoms with Crippen LogP contribution < -0.4 is 5.73 Å². The molecule has 59 valence electrons. The topological polar surface area (TPSA) is 23.8 Å². The summed E-state index contributed by atoms with van der Waals surface area (Å²) in [5.41, 5.74) is 10.7. The first-order chi connectivity index (χ1) is 5.27. The van der Waals surface area contributed by atoms with Crippen molar-refractivity contribution >= 4 is 5.69 Å². The van der Waals surface area contributed by atoms with Crippen molar-refractivity contribution in [2.45, 2.75) is 26.7 Å². The summed E-state index contributed by atoms with van der Waals surface area (Å²) in [7, 11) is 0. The Bertz CT molecular complexity index is 241. The molecule has 1 radical (unpaired) electrons. The van der Waals surface area contributed by atoms with Crippen molar-refractivity contribution in [3.63, 3.8) is 0 Å². The zero-order valence-electron chi connectivity index (χ0n) is 7.15. The van der Waals surface area contributed by atoms with Crippen molar-refractivity contribution in [3.05, 3.63) is 29.3 Å². The predicted octanol–water partition coefficient (Wildman–Crippen LogP) is 2.73. The quantitative estimate of drug-likeness (QED) is 0.615. The zero-order valence-corrected chi connectivity index (χ0v) is 7.15. The Hall–Kier alpha value is -0.980. The van der Waals surface area contributed by atoms with E-state index in [0.29, 0.717) is 5.69 Å². The SMILES string of the molecule is CCc1ccc([NH])c(CC)c1. The fourth-order valence-electron chi connectivity index (χ4n) is 1.16. The third-order valence-electron chi connectivity index (χ3n) is 1.96. The molecule has 11 heavy (non-hydrogen) atoms. The van der Waals surface area contributed by atoms with Crippen molar-refractivity contribution in [2.75, 3.05) is 0 Å². The largest absolute Gasteiger partial charge is 0.301 e. The molecule has 1 nitrogen and oxygen atoms in total. The van der Waals surface area contributed by atoms with Crippen LogP contribution in [0, 0.1) is 0 Å². The lowest BCUT2D eigenvalue weighted by atomic mass is 10.1.